The molecule has 0 atom stereocenters. The van der Waals surface area contributed by atoms with Crippen LogP contribution < -0.4 is 5.73 Å². The molecule has 1 saturated carbocycles. The van der Waals surface area contributed by atoms with E-state index in [1.54, 1.807) is 13.8 Å². The lowest BCUT2D eigenvalue weighted by molar-refractivity contribution is 0.220. The topological polar surface area (TPSA) is 26.0 Å². The second-order valence-corrected chi connectivity index (χ2v) is 5.77. The van der Waals surface area contributed by atoms with Gasteiger partial charge in [0.05, 0.1) is 0 Å². The third-order valence-electron chi connectivity index (χ3n) is 3.87. The van der Waals surface area contributed by atoms with Crippen molar-refractivity contribution in [3.63, 3.8) is 0 Å². The molecular formula is C15H22FN. The Morgan fingerprint density at radius 1 is 1.18 bits per heavy atom. The van der Waals surface area contributed by atoms with E-state index in [-0.39, 0.29) is 5.54 Å². The molecule has 2 N–H and O–H groups in total. The second kappa shape index (κ2) is 4.41. The van der Waals surface area contributed by atoms with Gasteiger partial charge in [0.15, 0.2) is 0 Å². The highest BCUT2D eigenvalue weighted by Crippen LogP contribution is 2.36. The molecule has 1 aliphatic rings. The summed E-state index contributed by atoms with van der Waals surface area (Å²) in [4.78, 5) is 0. The summed E-state index contributed by atoms with van der Waals surface area (Å²) in [7, 11) is 0. The van der Waals surface area contributed by atoms with Crippen molar-refractivity contribution in [2.45, 2.75) is 57.2 Å². The lowest BCUT2D eigenvalue weighted by Gasteiger charge is -2.34. The number of hydrogen-bond acceptors (Lipinski definition) is 1. The normalized spacial score (nSPS) is 20.2. The fourth-order valence-electron chi connectivity index (χ4n) is 2.67. The Morgan fingerprint density at radius 3 is 2.41 bits per heavy atom. The highest BCUT2D eigenvalue weighted by Gasteiger charge is 2.30. The summed E-state index contributed by atoms with van der Waals surface area (Å²) < 4.78 is 14.0. The molecule has 17 heavy (non-hydrogen) atoms. The molecule has 0 radical (unpaired) electrons. The van der Waals surface area contributed by atoms with Crippen molar-refractivity contribution >= 4 is 0 Å². The van der Waals surface area contributed by atoms with Gasteiger partial charge in [-0.1, -0.05) is 43.5 Å². The number of nitrogens with two attached hydrogens (primary N) is 1. The van der Waals surface area contributed by atoms with E-state index < -0.39 is 5.67 Å². The van der Waals surface area contributed by atoms with Crippen LogP contribution >= 0.6 is 0 Å². The number of benzene rings is 1. The van der Waals surface area contributed by atoms with Crippen LogP contribution in [0.5, 0.6) is 0 Å². The molecular weight excluding hydrogens is 213 g/mol. The summed E-state index contributed by atoms with van der Waals surface area (Å²) >= 11 is 0. The van der Waals surface area contributed by atoms with Crippen LogP contribution in [0.3, 0.4) is 0 Å². The van der Waals surface area contributed by atoms with Gasteiger partial charge in [0.25, 0.3) is 0 Å². The first kappa shape index (κ1) is 12.6. The molecule has 0 aliphatic heterocycles. The zero-order valence-electron chi connectivity index (χ0n) is 10.8. The minimum absolute atomic E-state index is 0.237. The summed E-state index contributed by atoms with van der Waals surface area (Å²) in [5.74, 6) is 0. The summed E-state index contributed by atoms with van der Waals surface area (Å²) in [6.07, 6.45) is 5.67. The van der Waals surface area contributed by atoms with Crippen LogP contribution in [-0.4, -0.2) is 0 Å². The Labute approximate surface area is 103 Å². The second-order valence-electron chi connectivity index (χ2n) is 5.77. The zero-order valence-corrected chi connectivity index (χ0v) is 10.8. The molecule has 1 fully saturated rings. The predicted molar refractivity (Wildman–Crippen MR) is 69.5 cm³/mol. The van der Waals surface area contributed by atoms with Crippen molar-refractivity contribution < 1.29 is 4.39 Å². The van der Waals surface area contributed by atoms with Gasteiger partial charge in [-0.05, 0) is 37.8 Å². The van der Waals surface area contributed by atoms with E-state index in [2.05, 4.69) is 0 Å². The molecule has 1 nitrogen and oxygen atoms in total. The molecule has 0 bridgehead atoms. The van der Waals surface area contributed by atoms with E-state index in [0.717, 1.165) is 24.0 Å². The average molecular weight is 235 g/mol. The Hall–Kier alpha value is -0.890. The molecule has 1 aromatic carbocycles. The van der Waals surface area contributed by atoms with Crippen LogP contribution in [-0.2, 0) is 11.2 Å². The van der Waals surface area contributed by atoms with Crippen LogP contribution in [0.1, 0.15) is 57.1 Å². The monoisotopic (exact) mass is 235 g/mol. The van der Waals surface area contributed by atoms with Gasteiger partial charge in [-0.25, -0.2) is 4.39 Å². The number of alkyl halides is 1. The Kier molecular flexibility index (Phi) is 3.26. The van der Waals surface area contributed by atoms with Gasteiger partial charge in [0, 0.05) is 5.54 Å². The van der Waals surface area contributed by atoms with Crippen LogP contribution in [0.15, 0.2) is 24.3 Å². The molecule has 2 rings (SSSR count). The standard InChI is InChI=1S/C15H22FN/c1-14(2,16)12-7-6-8-13(11-12)15(17)9-4-3-5-10-15/h6-8,11H,3-5,9-10,17H2,1-2H3. The molecule has 0 aromatic heterocycles. The molecule has 0 spiro atoms. The van der Waals surface area contributed by atoms with Crippen molar-refractivity contribution in [3.8, 4) is 0 Å². The van der Waals surface area contributed by atoms with Crippen LogP contribution in [0, 0.1) is 0 Å². The van der Waals surface area contributed by atoms with Crippen LogP contribution in [0.4, 0.5) is 4.39 Å². The van der Waals surface area contributed by atoms with Gasteiger partial charge in [-0.3, -0.25) is 0 Å². The quantitative estimate of drug-likeness (QED) is 0.823. The fraction of sp³-hybridized carbons (Fsp3) is 0.600. The Morgan fingerprint density at radius 2 is 1.82 bits per heavy atom. The molecule has 0 saturated heterocycles. The first-order valence-electron chi connectivity index (χ1n) is 6.51. The van der Waals surface area contributed by atoms with Gasteiger partial charge < -0.3 is 5.73 Å². The first-order valence-corrected chi connectivity index (χ1v) is 6.51. The van der Waals surface area contributed by atoms with E-state index in [4.69, 9.17) is 5.73 Å². The van der Waals surface area contributed by atoms with Gasteiger partial charge in [0.1, 0.15) is 5.67 Å². The average Bonchev–Trinajstić information content (AvgIpc) is 2.29. The largest absolute Gasteiger partial charge is 0.321 e. The van der Waals surface area contributed by atoms with Crippen molar-refractivity contribution in [1.29, 1.82) is 0 Å². The summed E-state index contributed by atoms with van der Waals surface area (Å²) in [6, 6.07) is 7.76. The summed E-state index contributed by atoms with van der Waals surface area (Å²) in [5, 5.41) is 0. The van der Waals surface area contributed by atoms with Gasteiger partial charge in [-0.15, -0.1) is 0 Å². The molecule has 94 valence electrons. The van der Waals surface area contributed by atoms with Crippen molar-refractivity contribution in [2.75, 3.05) is 0 Å². The lowest BCUT2D eigenvalue weighted by atomic mass is 9.76. The fourth-order valence-corrected chi connectivity index (χ4v) is 2.67. The minimum atomic E-state index is -1.29. The van der Waals surface area contributed by atoms with Crippen LogP contribution in [0.25, 0.3) is 0 Å². The van der Waals surface area contributed by atoms with E-state index in [9.17, 15) is 4.39 Å². The maximum Gasteiger partial charge on any atom is 0.130 e. The minimum Gasteiger partial charge on any atom is -0.321 e. The maximum absolute atomic E-state index is 14.0. The molecule has 2 heteroatoms. The summed E-state index contributed by atoms with van der Waals surface area (Å²) in [6.45, 7) is 3.19. The highest BCUT2D eigenvalue weighted by atomic mass is 19.1. The third kappa shape index (κ3) is 2.68. The van der Waals surface area contributed by atoms with E-state index in [1.807, 2.05) is 24.3 Å². The highest BCUT2D eigenvalue weighted by molar-refractivity contribution is 5.32. The van der Waals surface area contributed by atoms with Gasteiger partial charge >= 0.3 is 0 Å². The number of halogens is 1. The van der Waals surface area contributed by atoms with E-state index in [0.29, 0.717) is 0 Å². The maximum atomic E-state index is 14.0. The predicted octanol–water partition coefficient (Wildman–Crippen LogP) is 4.01. The van der Waals surface area contributed by atoms with Crippen molar-refractivity contribution in [1.82, 2.24) is 0 Å². The molecule has 1 aromatic rings. The Bertz CT molecular complexity index is 386. The van der Waals surface area contributed by atoms with Gasteiger partial charge in [0.2, 0.25) is 0 Å². The molecule has 1 aliphatic carbocycles. The molecule has 0 unspecified atom stereocenters. The summed E-state index contributed by atoms with van der Waals surface area (Å²) in [5.41, 5.74) is 6.77. The molecule has 0 heterocycles. The van der Waals surface area contributed by atoms with Gasteiger partial charge in [-0.2, -0.15) is 0 Å². The molecule has 0 amide bonds. The third-order valence-corrected chi connectivity index (χ3v) is 3.87. The first-order chi connectivity index (χ1) is 7.92. The lowest BCUT2D eigenvalue weighted by Crippen LogP contribution is -2.38. The SMILES string of the molecule is CC(C)(F)c1cccc(C2(N)CCCCC2)c1. The van der Waals surface area contributed by atoms with Crippen molar-refractivity contribution in [2.24, 2.45) is 5.73 Å². The van der Waals surface area contributed by atoms with Crippen LogP contribution in [0.2, 0.25) is 0 Å². The van der Waals surface area contributed by atoms with E-state index >= 15 is 0 Å². The smallest absolute Gasteiger partial charge is 0.130 e. The Balaban J connectivity index is 2.32. The zero-order chi connectivity index (χ0) is 12.5. The number of hydrogen-bond donors (Lipinski definition) is 1. The van der Waals surface area contributed by atoms with Crippen molar-refractivity contribution in [3.05, 3.63) is 35.4 Å². The number of rotatable bonds is 2. The van der Waals surface area contributed by atoms with E-state index in [1.165, 1.54) is 19.3 Å².